The Morgan fingerprint density at radius 1 is 1.07 bits per heavy atom. The van der Waals surface area contributed by atoms with Gasteiger partial charge in [-0.1, -0.05) is 5.16 Å². The quantitative estimate of drug-likeness (QED) is 0.501. The van der Waals surface area contributed by atoms with Gasteiger partial charge >= 0.3 is 0 Å². The van der Waals surface area contributed by atoms with E-state index in [0.29, 0.717) is 22.6 Å². The van der Waals surface area contributed by atoms with E-state index in [0.717, 1.165) is 16.8 Å². The third-order valence-corrected chi connectivity index (χ3v) is 4.68. The summed E-state index contributed by atoms with van der Waals surface area (Å²) in [5, 5.41) is 8.34. The van der Waals surface area contributed by atoms with Gasteiger partial charge in [-0.15, -0.1) is 0 Å². The Kier molecular flexibility index (Phi) is 5.09. The van der Waals surface area contributed by atoms with Crippen molar-refractivity contribution in [3.63, 3.8) is 0 Å². The SMILES string of the molecule is COc1ncc(-c2cnn(Cc3c(-c4ccc(C)nc4)noc3C)c(=O)c2)cc1F. The lowest BCUT2D eigenvalue weighted by molar-refractivity contribution is 0.369. The molecule has 0 bridgehead atoms. The summed E-state index contributed by atoms with van der Waals surface area (Å²) in [4.78, 5) is 20.8. The lowest BCUT2D eigenvalue weighted by Gasteiger charge is -2.08. The number of ether oxygens (including phenoxy) is 1. The van der Waals surface area contributed by atoms with Gasteiger partial charge in [-0.25, -0.2) is 14.1 Å². The van der Waals surface area contributed by atoms with Crippen LogP contribution in [0, 0.1) is 19.7 Å². The molecule has 0 saturated heterocycles. The zero-order valence-corrected chi connectivity index (χ0v) is 16.6. The number of hydrogen-bond acceptors (Lipinski definition) is 7. The molecule has 4 aromatic rings. The Hall–Kier alpha value is -3.88. The molecule has 0 saturated carbocycles. The summed E-state index contributed by atoms with van der Waals surface area (Å²) in [6.45, 7) is 3.85. The topological polar surface area (TPSA) is 95.9 Å². The molecule has 4 aromatic heterocycles. The standard InChI is InChI=1S/C21H18FN5O3/c1-12-4-5-14(8-23-12)20-17(13(2)30-26-20)11-27-19(28)7-16(10-25-27)15-6-18(22)21(29-3)24-9-15/h4-10H,11H2,1-3H3. The van der Waals surface area contributed by atoms with Gasteiger partial charge in [0.05, 0.1) is 19.9 Å². The molecular formula is C21H18FN5O3. The molecule has 9 heteroatoms. The first-order valence-electron chi connectivity index (χ1n) is 9.11. The van der Waals surface area contributed by atoms with Crippen LogP contribution in [0.3, 0.4) is 0 Å². The van der Waals surface area contributed by atoms with Crippen LogP contribution in [0.5, 0.6) is 5.88 Å². The lowest BCUT2D eigenvalue weighted by atomic mass is 10.1. The van der Waals surface area contributed by atoms with Crippen LogP contribution in [0.2, 0.25) is 0 Å². The summed E-state index contributed by atoms with van der Waals surface area (Å²) in [7, 11) is 1.33. The highest BCUT2D eigenvalue weighted by atomic mass is 19.1. The summed E-state index contributed by atoms with van der Waals surface area (Å²) < 4.78 is 25.4. The van der Waals surface area contributed by atoms with E-state index in [1.807, 2.05) is 19.1 Å². The van der Waals surface area contributed by atoms with E-state index < -0.39 is 5.82 Å². The van der Waals surface area contributed by atoms with Crippen molar-refractivity contribution in [1.82, 2.24) is 24.9 Å². The van der Waals surface area contributed by atoms with E-state index in [2.05, 4.69) is 20.2 Å². The van der Waals surface area contributed by atoms with Crippen molar-refractivity contribution in [1.29, 1.82) is 0 Å². The van der Waals surface area contributed by atoms with Gasteiger partial charge in [0.2, 0.25) is 5.88 Å². The summed E-state index contributed by atoms with van der Waals surface area (Å²) >= 11 is 0. The molecule has 0 aromatic carbocycles. The Morgan fingerprint density at radius 2 is 1.83 bits per heavy atom. The van der Waals surface area contributed by atoms with Crippen LogP contribution in [-0.2, 0) is 6.54 Å². The normalized spacial score (nSPS) is 10.9. The second-order valence-electron chi connectivity index (χ2n) is 6.71. The number of rotatable bonds is 5. The van der Waals surface area contributed by atoms with Crippen molar-refractivity contribution in [2.45, 2.75) is 20.4 Å². The summed E-state index contributed by atoms with van der Waals surface area (Å²) in [5.74, 6) is -0.137. The molecule has 0 radical (unpaired) electrons. The molecule has 4 rings (SSSR count). The van der Waals surface area contributed by atoms with E-state index in [1.54, 1.807) is 13.1 Å². The number of methoxy groups -OCH3 is 1. The lowest BCUT2D eigenvalue weighted by Crippen LogP contribution is -2.23. The van der Waals surface area contributed by atoms with Crippen LogP contribution >= 0.6 is 0 Å². The van der Waals surface area contributed by atoms with E-state index in [9.17, 15) is 9.18 Å². The van der Waals surface area contributed by atoms with Crippen molar-refractivity contribution in [3.8, 4) is 28.3 Å². The summed E-state index contributed by atoms with van der Waals surface area (Å²) in [6, 6.07) is 6.41. The van der Waals surface area contributed by atoms with Gasteiger partial charge in [0.1, 0.15) is 11.5 Å². The second-order valence-corrected chi connectivity index (χ2v) is 6.71. The maximum absolute atomic E-state index is 13.9. The van der Waals surface area contributed by atoms with Crippen LogP contribution in [-0.4, -0.2) is 32.0 Å². The van der Waals surface area contributed by atoms with Crippen molar-refractivity contribution >= 4 is 0 Å². The molecule has 0 unspecified atom stereocenters. The van der Waals surface area contributed by atoms with Gasteiger partial charge in [-0.05, 0) is 32.0 Å². The Balaban J connectivity index is 1.66. The largest absolute Gasteiger partial charge is 0.479 e. The van der Waals surface area contributed by atoms with Crippen LogP contribution in [0.4, 0.5) is 4.39 Å². The van der Waals surface area contributed by atoms with Crippen LogP contribution in [0.15, 0.2) is 52.2 Å². The minimum absolute atomic E-state index is 0.110. The van der Waals surface area contributed by atoms with Gasteiger partial charge in [-0.2, -0.15) is 5.10 Å². The first-order chi connectivity index (χ1) is 14.5. The highest BCUT2D eigenvalue weighted by Gasteiger charge is 2.17. The van der Waals surface area contributed by atoms with Crippen molar-refractivity contribution in [3.05, 3.63) is 76.0 Å². The van der Waals surface area contributed by atoms with Crippen LogP contribution in [0.1, 0.15) is 17.0 Å². The number of aromatic nitrogens is 5. The predicted octanol–water partition coefficient (Wildman–Crippen LogP) is 3.17. The minimum atomic E-state index is -0.615. The Morgan fingerprint density at radius 3 is 2.50 bits per heavy atom. The molecule has 0 atom stereocenters. The van der Waals surface area contributed by atoms with Crippen LogP contribution < -0.4 is 10.3 Å². The smallest absolute Gasteiger partial charge is 0.267 e. The molecule has 0 amide bonds. The second kappa shape index (κ2) is 7.86. The molecule has 30 heavy (non-hydrogen) atoms. The monoisotopic (exact) mass is 407 g/mol. The number of halogens is 1. The van der Waals surface area contributed by atoms with Crippen LogP contribution in [0.25, 0.3) is 22.4 Å². The highest BCUT2D eigenvalue weighted by molar-refractivity contribution is 5.63. The first kappa shape index (κ1) is 19.4. The van der Waals surface area contributed by atoms with Crippen molar-refractivity contribution in [2.24, 2.45) is 0 Å². The predicted molar refractivity (Wildman–Crippen MR) is 107 cm³/mol. The third kappa shape index (κ3) is 3.69. The number of hydrogen-bond donors (Lipinski definition) is 0. The average Bonchev–Trinajstić information content (AvgIpc) is 3.10. The van der Waals surface area contributed by atoms with E-state index >= 15 is 0 Å². The van der Waals surface area contributed by atoms with E-state index in [1.165, 1.54) is 36.3 Å². The Bertz CT molecular complexity index is 1260. The van der Waals surface area contributed by atoms with Gasteiger partial charge in [0.25, 0.3) is 5.56 Å². The van der Waals surface area contributed by atoms with Crippen molar-refractivity contribution in [2.75, 3.05) is 7.11 Å². The summed E-state index contributed by atoms with van der Waals surface area (Å²) in [5.41, 5.74) is 3.56. The van der Waals surface area contributed by atoms with Crippen molar-refractivity contribution < 1.29 is 13.7 Å². The molecule has 0 aliphatic heterocycles. The molecule has 0 fully saturated rings. The fraction of sp³-hybridized carbons (Fsp3) is 0.190. The van der Waals surface area contributed by atoms with E-state index in [4.69, 9.17) is 9.26 Å². The number of aryl methyl sites for hydroxylation is 2. The van der Waals surface area contributed by atoms with Gasteiger partial charge in [-0.3, -0.25) is 9.78 Å². The maximum atomic E-state index is 13.9. The minimum Gasteiger partial charge on any atom is -0.479 e. The highest BCUT2D eigenvalue weighted by Crippen LogP contribution is 2.26. The molecule has 8 nitrogen and oxygen atoms in total. The zero-order valence-electron chi connectivity index (χ0n) is 16.6. The molecule has 4 heterocycles. The maximum Gasteiger partial charge on any atom is 0.267 e. The van der Waals surface area contributed by atoms with Gasteiger partial charge < -0.3 is 9.26 Å². The Labute approximate surface area is 171 Å². The molecular weight excluding hydrogens is 389 g/mol. The van der Waals surface area contributed by atoms with Gasteiger partial charge in [0, 0.05) is 46.4 Å². The third-order valence-electron chi connectivity index (χ3n) is 4.68. The molecule has 0 aliphatic carbocycles. The fourth-order valence-electron chi connectivity index (χ4n) is 3.01. The summed E-state index contributed by atoms with van der Waals surface area (Å²) in [6.07, 6.45) is 4.62. The zero-order chi connectivity index (χ0) is 21.3. The molecule has 0 spiro atoms. The molecule has 0 aliphatic rings. The number of nitrogens with zero attached hydrogens (tertiary/aromatic N) is 5. The fourth-order valence-corrected chi connectivity index (χ4v) is 3.01. The number of pyridine rings is 2. The van der Waals surface area contributed by atoms with E-state index in [-0.39, 0.29) is 18.0 Å². The average molecular weight is 407 g/mol. The van der Waals surface area contributed by atoms with Gasteiger partial charge in [0.15, 0.2) is 5.82 Å². The molecule has 152 valence electrons. The first-order valence-corrected chi connectivity index (χ1v) is 9.11. The molecule has 0 N–H and O–H groups in total.